The molecule has 0 unspecified atom stereocenters. The first kappa shape index (κ1) is 22.3. The summed E-state index contributed by atoms with van der Waals surface area (Å²) in [5.74, 6) is -0.645. The number of carbonyl (C=O) groups excluding carboxylic acids is 2. The predicted octanol–water partition coefficient (Wildman–Crippen LogP) is 4.21. The van der Waals surface area contributed by atoms with E-state index in [-0.39, 0.29) is 29.0 Å². The summed E-state index contributed by atoms with van der Waals surface area (Å²) in [4.78, 5) is 24.2. The molecule has 33 heavy (non-hydrogen) atoms. The molecule has 2 amide bonds. The number of benzene rings is 3. The van der Waals surface area contributed by atoms with E-state index in [0.29, 0.717) is 27.8 Å². The molecule has 0 saturated carbocycles. The van der Waals surface area contributed by atoms with Gasteiger partial charge in [0.25, 0.3) is 0 Å². The lowest BCUT2D eigenvalue weighted by atomic mass is 10.2. The van der Waals surface area contributed by atoms with Crippen molar-refractivity contribution in [2.75, 3.05) is 10.6 Å². The van der Waals surface area contributed by atoms with Crippen LogP contribution in [-0.4, -0.2) is 24.8 Å². The zero-order valence-corrected chi connectivity index (χ0v) is 18.8. The number of nitrogens with zero attached hydrogens (tertiary/aromatic N) is 1. The summed E-state index contributed by atoms with van der Waals surface area (Å²) in [6.07, 6.45) is 1.52. The lowest BCUT2D eigenvalue weighted by molar-refractivity contribution is -0.116. The first-order valence-electron chi connectivity index (χ1n) is 10.3. The van der Waals surface area contributed by atoms with Gasteiger partial charge in [0.2, 0.25) is 11.8 Å². The molecular weight excluding hydrogens is 438 g/mol. The Hall–Kier alpha value is -3.91. The van der Waals surface area contributed by atoms with Crippen molar-refractivity contribution in [3.63, 3.8) is 0 Å². The Bertz CT molecular complexity index is 1430. The monoisotopic (exact) mass is 461 g/mol. The summed E-state index contributed by atoms with van der Waals surface area (Å²) in [6.45, 7) is 1.34. The van der Waals surface area contributed by atoms with Gasteiger partial charge in [-0.2, -0.15) is 0 Å². The van der Waals surface area contributed by atoms with Crippen LogP contribution >= 0.6 is 0 Å². The summed E-state index contributed by atoms with van der Waals surface area (Å²) in [7, 11) is -3.62. The molecule has 2 N–H and O–H groups in total. The molecule has 8 heteroatoms. The number of hydrogen-bond donors (Lipinski definition) is 2. The summed E-state index contributed by atoms with van der Waals surface area (Å²) in [5, 5.41) is 6.04. The van der Waals surface area contributed by atoms with Gasteiger partial charge in [0.1, 0.15) is 6.54 Å². The molecule has 0 aliphatic heterocycles. The molecule has 1 aromatic heterocycles. The van der Waals surface area contributed by atoms with Crippen molar-refractivity contribution < 1.29 is 18.0 Å². The number of fused-ring (bicyclic) bond motifs is 1. The fraction of sp³-hybridized carbons (Fsp3) is 0.120. The smallest absolute Gasteiger partial charge is 0.244 e. The van der Waals surface area contributed by atoms with Gasteiger partial charge in [-0.3, -0.25) is 9.59 Å². The van der Waals surface area contributed by atoms with Crippen molar-refractivity contribution in [2.24, 2.45) is 0 Å². The summed E-state index contributed by atoms with van der Waals surface area (Å²) in [5.41, 5.74) is 2.46. The van der Waals surface area contributed by atoms with Gasteiger partial charge in [-0.05, 0) is 29.8 Å². The average Bonchev–Trinajstić information content (AvgIpc) is 3.13. The number of hydrogen-bond acceptors (Lipinski definition) is 4. The molecule has 1 heterocycles. The quantitative estimate of drug-likeness (QED) is 0.431. The number of sulfone groups is 1. The van der Waals surface area contributed by atoms with Gasteiger partial charge in [-0.15, -0.1) is 0 Å². The van der Waals surface area contributed by atoms with Crippen LogP contribution in [0.4, 0.5) is 11.4 Å². The third-order valence-electron chi connectivity index (χ3n) is 5.07. The van der Waals surface area contributed by atoms with Crippen LogP contribution in [0.2, 0.25) is 0 Å². The Labute approximate surface area is 192 Å². The minimum atomic E-state index is -3.62. The minimum Gasteiger partial charge on any atom is -0.337 e. The van der Waals surface area contributed by atoms with Crippen molar-refractivity contribution in [1.82, 2.24) is 4.57 Å². The van der Waals surface area contributed by atoms with Gasteiger partial charge in [-0.25, -0.2) is 8.42 Å². The molecular formula is C25H23N3O4S. The van der Waals surface area contributed by atoms with Crippen LogP contribution in [-0.2, 0) is 31.7 Å². The fourth-order valence-corrected chi connectivity index (χ4v) is 5.28. The van der Waals surface area contributed by atoms with Gasteiger partial charge in [0.05, 0.1) is 10.6 Å². The number of rotatable bonds is 7. The maximum atomic E-state index is 13.2. The minimum absolute atomic E-state index is 0.0638. The second-order valence-electron chi connectivity index (χ2n) is 7.69. The van der Waals surface area contributed by atoms with Crippen molar-refractivity contribution in [3.05, 3.63) is 90.6 Å². The van der Waals surface area contributed by atoms with Crippen LogP contribution in [0, 0.1) is 0 Å². The Morgan fingerprint density at radius 3 is 2.24 bits per heavy atom. The number of nitrogens with one attached hydrogen (secondary N) is 2. The molecule has 0 aliphatic rings. The van der Waals surface area contributed by atoms with E-state index in [2.05, 4.69) is 10.6 Å². The molecule has 168 valence electrons. The fourth-order valence-electron chi connectivity index (χ4n) is 3.70. The van der Waals surface area contributed by atoms with E-state index in [0.717, 1.165) is 0 Å². The SMILES string of the molecule is CC(=O)Nc1cccc(NC(=O)Cn2cc(S(=O)(=O)Cc3ccccc3)c3ccccc32)c1. The topological polar surface area (TPSA) is 97.3 Å². The van der Waals surface area contributed by atoms with Crippen molar-refractivity contribution in [2.45, 2.75) is 24.1 Å². The highest BCUT2D eigenvalue weighted by Gasteiger charge is 2.22. The summed E-state index contributed by atoms with van der Waals surface area (Å²) in [6, 6.07) is 22.9. The number of anilines is 2. The van der Waals surface area contributed by atoms with E-state index in [1.54, 1.807) is 77.4 Å². The molecule has 3 aromatic carbocycles. The summed E-state index contributed by atoms with van der Waals surface area (Å²) >= 11 is 0. The molecule has 0 aliphatic carbocycles. The van der Waals surface area contributed by atoms with Crippen molar-refractivity contribution >= 4 is 43.9 Å². The third kappa shape index (κ3) is 5.30. The average molecular weight is 462 g/mol. The highest BCUT2D eigenvalue weighted by atomic mass is 32.2. The number of aromatic nitrogens is 1. The van der Waals surface area contributed by atoms with Crippen LogP contribution in [0.5, 0.6) is 0 Å². The normalized spacial score (nSPS) is 11.3. The maximum Gasteiger partial charge on any atom is 0.244 e. The standard InChI is InChI=1S/C25H23N3O4S/c1-18(29)26-20-10-7-11-21(14-20)27-25(30)16-28-15-24(22-12-5-6-13-23(22)28)33(31,32)17-19-8-3-2-4-9-19/h2-15H,16-17H2,1H3,(H,26,29)(H,27,30). The van der Waals surface area contributed by atoms with Crippen LogP contribution < -0.4 is 10.6 Å². The highest BCUT2D eigenvalue weighted by Crippen LogP contribution is 2.28. The number of para-hydroxylation sites is 1. The summed E-state index contributed by atoms with van der Waals surface area (Å²) < 4.78 is 28.0. The molecule has 4 aromatic rings. The largest absolute Gasteiger partial charge is 0.337 e. The van der Waals surface area contributed by atoms with Gasteiger partial charge >= 0.3 is 0 Å². The Morgan fingerprint density at radius 1 is 0.848 bits per heavy atom. The van der Waals surface area contributed by atoms with E-state index in [1.165, 1.54) is 13.1 Å². The van der Waals surface area contributed by atoms with Crippen LogP contribution in [0.3, 0.4) is 0 Å². The highest BCUT2D eigenvalue weighted by molar-refractivity contribution is 7.90. The lowest BCUT2D eigenvalue weighted by Crippen LogP contribution is -2.18. The van der Waals surface area contributed by atoms with Crippen LogP contribution in [0.25, 0.3) is 10.9 Å². The molecule has 7 nitrogen and oxygen atoms in total. The molecule has 0 spiro atoms. The van der Waals surface area contributed by atoms with E-state index in [4.69, 9.17) is 0 Å². The van der Waals surface area contributed by atoms with Gasteiger partial charge in [0.15, 0.2) is 9.84 Å². The van der Waals surface area contributed by atoms with E-state index >= 15 is 0 Å². The van der Waals surface area contributed by atoms with E-state index in [1.807, 2.05) is 6.07 Å². The molecule has 0 atom stereocenters. The second-order valence-corrected chi connectivity index (χ2v) is 9.65. The number of carbonyl (C=O) groups is 2. The maximum absolute atomic E-state index is 13.2. The Kier molecular flexibility index (Phi) is 6.28. The first-order chi connectivity index (χ1) is 15.8. The van der Waals surface area contributed by atoms with Crippen molar-refractivity contribution in [1.29, 1.82) is 0 Å². The van der Waals surface area contributed by atoms with Gasteiger partial charge in [0, 0.05) is 35.4 Å². The Morgan fingerprint density at radius 2 is 1.52 bits per heavy atom. The van der Waals surface area contributed by atoms with Crippen LogP contribution in [0.1, 0.15) is 12.5 Å². The van der Waals surface area contributed by atoms with Crippen LogP contribution in [0.15, 0.2) is 90.0 Å². The molecule has 0 fully saturated rings. The zero-order valence-electron chi connectivity index (χ0n) is 18.0. The predicted molar refractivity (Wildman–Crippen MR) is 129 cm³/mol. The van der Waals surface area contributed by atoms with E-state index in [9.17, 15) is 18.0 Å². The number of amides is 2. The van der Waals surface area contributed by atoms with Gasteiger partial charge in [-0.1, -0.05) is 54.6 Å². The molecule has 0 bridgehead atoms. The third-order valence-corrected chi connectivity index (χ3v) is 6.78. The Balaban J connectivity index is 1.59. The van der Waals surface area contributed by atoms with Crippen molar-refractivity contribution in [3.8, 4) is 0 Å². The zero-order chi connectivity index (χ0) is 23.4. The molecule has 0 radical (unpaired) electrons. The lowest BCUT2D eigenvalue weighted by Gasteiger charge is -2.09. The molecule has 0 saturated heterocycles. The van der Waals surface area contributed by atoms with Gasteiger partial charge < -0.3 is 15.2 Å². The molecule has 4 rings (SSSR count). The van der Waals surface area contributed by atoms with E-state index < -0.39 is 9.84 Å². The second kappa shape index (κ2) is 9.30. The first-order valence-corrected chi connectivity index (χ1v) is 12.0.